The molecule has 2 rings (SSSR count). The Bertz CT molecular complexity index is 719. The van der Waals surface area contributed by atoms with E-state index in [4.69, 9.17) is 39.5 Å². The molecule has 0 unspecified atom stereocenters. The maximum atomic E-state index is 12.4. The van der Waals surface area contributed by atoms with Crippen molar-refractivity contribution in [2.75, 3.05) is 5.32 Å². The summed E-state index contributed by atoms with van der Waals surface area (Å²) in [7, 11) is 0. The van der Waals surface area contributed by atoms with Gasteiger partial charge in [-0.2, -0.15) is 0 Å². The maximum absolute atomic E-state index is 12.4. The smallest absolute Gasteiger partial charge is 0.265 e. The van der Waals surface area contributed by atoms with Gasteiger partial charge in [0, 0.05) is 0 Å². The van der Waals surface area contributed by atoms with Crippen LogP contribution < -0.4 is 10.1 Å². The number of nitrogens with one attached hydrogen (secondary N) is 1. The van der Waals surface area contributed by atoms with Crippen molar-refractivity contribution in [1.29, 1.82) is 0 Å². The molecule has 0 bridgehead atoms. The van der Waals surface area contributed by atoms with E-state index in [2.05, 4.69) is 5.32 Å². The molecular formula is C17H16Cl3NO2. The molecule has 0 saturated heterocycles. The van der Waals surface area contributed by atoms with Crippen LogP contribution in [0.3, 0.4) is 0 Å². The molecule has 3 nitrogen and oxygen atoms in total. The van der Waals surface area contributed by atoms with Gasteiger partial charge in [0.1, 0.15) is 5.75 Å². The maximum Gasteiger partial charge on any atom is 0.265 e. The summed E-state index contributed by atoms with van der Waals surface area (Å²) in [6, 6.07) is 10.5. The number of aryl methyl sites for hydroxylation is 1. The van der Waals surface area contributed by atoms with Crippen LogP contribution in [0.1, 0.15) is 18.9 Å². The van der Waals surface area contributed by atoms with Crippen molar-refractivity contribution in [3.05, 3.63) is 57.0 Å². The fourth-order valence-corrected chi connectivity index (χ4v) is 2.59. The van der Waals surface area contributed by atoms with E-state index in [1.807, 2.05) is 38.1 Å². The number of carbonyl (C=O) groups is 1. The number of carbonyl (C=O) groups excluding carboxylic acids is 1. The monoisotopic (exact) mass is 371 g/mol. The molecule has 0 heterocycles. The number of halogens is 3. The topological polar surface area (TPSA) is 38.3 Å². The average molecular weight is 373 g/mol. The first-order valence-electron chi connectivity index (χ1n) is 7.10. The van der Waals surface area contributed by atoms with E-state index in [1.165, 1.54) is 12.1 Å². The predicted octanol–water partition coefficient (Wildman–Crippen LogP) is 5.75. The van der Waals surface area contributed by atoms with Gasteiger partial charge in [-0.1, -0.05) is 59.9 Å². The van der Waals surface area contributed by atoms with Gasteiger partial charge in [-0.05, 0) is 37.1 Å². The van der Waals surface area contributed by atoms with Crippen molar-refractivity contribution >= 4 is 46.4 Å². The van der Waals surface area contributed by atoms with Gasteiger partial charge in [0.25, 0.3) is 5.91 Å². The molecule has 2 aromatic rings. The minimum atomic E-state index is -0.637. The Kier molecular flexibility index (Phi) is 6.17. The van der Waals surface area contributed by atoms with Crippen molar-refractivity contribution in [3.63, 3.8) is 0 Å². The van der Waals surface area contributed by atoms with Crippen LogP contribution in [0.4, 0.5) is 5.69 Å². The van der Waals surface area contributed by atoms with Crippen LogP contribution >= 0.6 is 34.8 Å². The van der Waals surface area contributed by atoms with Crippen LogP contribution in [0.2, 0.25) is 15.1 Å². The third-order valence-corrected chi connectivity index (χ3v) is 4.33. The van der Waals surface area contributed by atoms with Gasteiger partial charge < -0.3 is 10.1 Å². The second-order valence-electron chi connectivity index (χ2n) is 5.02. The van der Waals surface area contributed by atoms with E-state index in [9.17, 15) is 4.79 Å². The molecule has 1 amide bonds. The summed E-state index contributed by atoms with van der Waals surface area (Å²) in [6.45, 7) is 3.80. The Morgan fingerprint density at radius 3 is 2.43 bits per heavy atom. The van der Waals surface area contributed by atoms with Crippen molar-refractivity contribution in [1.82, 2.24) is 0 Å². The van der Waals surface area contributed by atoms with E-state index in [0.29, 0.717) is 32.9 Å². The van der Waals surface area contributed by atoms with Gasteiger partial charge >= 0.3 is 0 Å². The zero-order valence-electron chi connectivity index (χ0n) is 12.7. The third kappa shape index (κ3) is 4.54. The summed E-state index contributed by atoms with van der Waals surface area (Å²) in [4.78, 5) is 12.4. The molecule has 6 heteroatoms. The summed E-state index contributed by atoms with van der Waals surface area (Å²) < 4.78 is 5.81. The van der Waals surface area contributed by atoms with Crippen LogP contribution in [0.5, 0.6) is 5.75 Å². The number of hydrogen-bond donors (Lipinski definition) is 1. The molecule has 0 aliphatic carbocycles. The minimum absolute atomic E-state index is 0.295. The number of rotatable bonds is 5. The van der Waals surface area contributed by atoms with Crippen LogP contribution in [-0.4, -0.2) is 12.0 Å². The van der Waals surface area contributed by atoms with E-state index in [0.717, 1.165) is 5.56 Å². The van der Waals surface area contributed by atoms with Crippen molar-refractivity contribution in [3.8, 4) is 5.75 Å². The molecule has 2 aromatic carbocycles. The van der Waals surface area contributed by atoms with E-state index in [1.54, 1.807) is 0 Å². The van der Waals surface area contributed by atoms with Gasteiger partial charge in [0.15, 0.2) is 6.10 Å². The normalized spacial score (nSPS) is 11.9. The fourth-order valence-electron chi connectivity index (χ4n) is 2.00. The third-order valence-electron chi connectivity index (χ3n) is 3.29. The highest BCUT2D eigenvalue weighted by molar-refractivity contribution is 6.44. The number of para-hydroxylation sites is 1. The summed E-state index contributed by atoms with van der Waals surface area (Å²) in [5.41, 5.74) is 1.37. The molecule has 0 aromatic heterocycles. The first kappa shape index (κ1) is 17.9. The molecule has 0 radical (unpaired) electrons. The highest BCUT2D eigenvalue weighted by Crippen LogP contribution is 2.32. The molecule has 0 aliphatic heterocycles. The number of ether oxygens (including phenoxy) is 1. The molecule has 1 atom stereocenters. The Hall–Kier alpha value is -1.42. The van der Waals surface area contributed by atoms with Crippen LogP contribution in [0, 0.1) is 6.92 Å². The molecule has 23 heavy (non-hydrogen) atoms. The molecular weight excluding hydrogens is 357 g/mol. The largest absolute Gasteiger partial charge is 0.480 e. The second-order valence-corrected chi connectivity index (χ2v) is 6.24. The molecule has 1 N–H and O–H groups in total. The summed E-state index contributed by atoms with van der Waals surface area (Å²) in [6.07, 6.45) is -0.124. The molecule has 122 valence electrons. The molecule has 0 aliphatic rings. The Morgan fingerprint density at radius 2 is 1.78 bits per heavy atom. The van der Waals surface area contributed by atoms with Gasteiger partial charge in [0.05, 0.1) is 20.8 Å². The van der Waals surface area contributed by atoms with Crippen molar-refractivity contribution in [2.24, 2.45) is 0 Å². The lowest BCUT2D eigenvalue weighted by Crippen LogP contribution is -2.32. The first-order chi connectivity index (χ1) is 10.9. The quantitative estimate of drug-likeness (QED) is 0.678. The lowest BCUT2D eigenvalue weighted by atomic mass is 10.2. The predicted molar refractivity (Wildman–Crippen MR) is 96.0 cm³/mol. The van der Waals surface area contributed by atoms with Crippen LogP contribution in [0.15, 0.2) is 36.4 Å². The van der Waals surface area contributed by atoms with Crippen LogP contribution in [0.25, 0.3) is 0 Å². The second kappa shape index (κ2) is 7.91. The van der Waals surface area contributed by atoms with Gasteiger partial charge in [-0.3, -0.25) is 4.79 Å². The van der Waals surface area contributed by atoms with E-state index >= 15 is 0 Å². The molecule has 0 fully saturated rings. The average Bonchev–Trinajstić information content (AvgIpc) is 2.51. The summed E-state index contributed by atoms with van der Waals surface area (Å²) >= 11 is 17.9. The standard InChI is InChI=1S/C17H16Cl3NO2/c1-3-15(23-16-7-5-4-6-10(16)2)17(22)21-14-9-12(19)11(18)8-13(14)20/h4-9,15H,3H2,1-2H3,(H,21,22)/t15-/m1/s1. The number of benzene rings is 2. The number of anilines is 1. The SMILES string of the molecule is CC[C@@H](Oc1ccccc1C)C(=O)Nc1cc(Cl)c(Cl)cc1Cl. The fraction of sp³-hybridized carbons (Fsp3) is 0.235. The van der Waals surface area contributed by atoms with Crippen molar-refractivity contribution in [2.45, 2.75) is 26.4 Å². The van der Waals surface area contributed by atoms with Crippen molar-refractivity contribution < 1.29 is 9.53 Å². The first-order valence-corrected chi connectivity index (χ1v) is 8.23. The van der Waals surface area contributed by atoms with Crippen LogP contribution in [-0.2, 0) is 4.79 Å². The highest BCUT2D eigenvalue weighted by atomic mass is 35.5. The summed E-state index contributed by atoms with van der Waals surface area (Å²) in [5, 5.41) is 3.70. The van der Waals surface area contributed by atoms with E-state index in [-0.39, 0.29) is 5.91 Å². The molecule has 0 spiro atoms. The Labute approximate surface area is 150 Å². The summed E-state index contributed by atoms with van der Waals surface area (Å²) in [5.74, 6) is 0.380. The number of hydrogen-bond acceptors (Lipinski definition) is 2. The van der Waals surface area contributed by atoms with Gasteiger partial charge in [0.2, 0.25) is 0 Å². The zero-order valence-corrected chi connectivity index (χ0v) is 15.0. The molecule has 0 saturated carbocycles. The van der Waals surface area contributed by atoms with Gasteiger partial charge in [-0.15, -0.1) is 0 Å². The lowest BCUT2D eigenvalue weighted by molar-refractivity contribution is -0.122. The van der Waals surface area contributed by atoms with Gasteiger partial charge in [-0.25, -0.2) is 0 Å². The van der Waals surface area contributed by atoms with E-state index < -0.39 is 6.10 Å². The Morgan fingerprint density at radius 1 is 1.13 bits per heavy atom. The zero-order chi connectivity index (χ0) is 17.0. The number of amides is 1. The highest BCUT2D eigenvalue weighted by Gasteiger charge is 2.20. The Balaban J connectivity index is 2.15. The lowest BCUT2D eigenvalue weighted by Gasteiger charge is -2.19. The minimum Gasteiger partial charge on any atom is -0.480 e.